The Labute approximate surface area is 199 Å². The lowest BCUT2D eigenvalue weighted by Gasteiger charge is -2.51. The lowest BCUT2D eigenvalue weighted by Crippen LogP contribution is -2.43. The van der Waals surface area contributed by atoms with Gasteiger partial charge in [-0.2, -0.15) is 0 Å². The number of phenols is 1. The van der Waals surface area contributed by atoms with Crippen LogP contribution in [0.3, 0.4) is 0 Å². The average molecular weight is 445 g/mol. The zero-order chi connectivity index (χ0) is 23.2. The molecular formula is C31H40O2. The Kier molecular flexibility index (Phi) is 5.93. The lowest BCUT2D eigenvalue weighted by atomic mass is 9.52. The van der Waals surface area contributed by atoms with Gasteiger partial charge < -0.3 is 10.2 Å². The first-order valence-electron chi connectivity index (χ1n) is 13.1. The molecule has 0 amide bonds. The topological polar surface area (TPSA) is 40.5 Å². The molecule has 1 fully saturated rings. The second kappa shape index (κ2) is 8.62. The molecule has 5 rings (SSSR count). The molecule has 1 saturated carbocycles. The number of aliphatic hydroxyl groups is 1. The van der Waals surface area contributed by atoms with Gasteiger partial charge in [0.2, 0.25) is 0 Å². The van der Waals surface area contributed by atoms with Gasteiger partial charge in [-0.15, -0.1) is 0 Å². The second-order valence-electron chi connectivity index (χ2n) is 11.6. The molecule has 2 N–H and O–H groups in total. The number of aliphatic hydroxyl groups excluding tert-OH is 1. The van der Waals surface area contributed by atoms with E-state index in [1.807, 2.05) is 6.07 Å². The molecule has 3 atom stereocenters. The summed E-state index contributed by atoms with van der Waals surface area (Å²) in [6, 6.07) is 15.1. The van der Waals surface area contributed by atoms with E-state index < -0.39 is 0 Å². The monoisotopic (exact) mass is 444 g/mol. The summed E-state index contributed by atoms with van der Waals surface area (Å²) < 4.78 is 0. The summed E-state index contributed by atoms with van der Waals surface area (Å²) in [5.74, 6) is 1.16. The van der Waals surface area contributed by atoms with Crippen LogP contribution in [-0.4, -0.2) is 16.3 Å². The van der Waals surface area contributed by atoms with Crippen molar-refractivity contribution in [1.29, 1.82) is 0 Å². The van der Waals surface area contributed by atoms with Crippen molar-refractivity contribution in [3.63, 3.8) is 0 Å². The smallest absolute Gasteiger partial charge is 0.118 e. The van der Waals surface area contributed by atoms with E-state index in [4.69, 9.17) is 0 Å². The largest absolute Gasteiger partial charge is 0.508 e. The number of allylic oxidation sites excluding steroid dienone is 1. The number of benzene rings is 2. The Balaban J connectivity index is 1.65. The molecule has 0 spiro atoms. The maximum Gasteiger partial charge on any atom is 0.118 e. The van der Waals surface area contributed by atoms with Gasteiger partial charge in [-0.3, -0.25) is 0 Å². The SMILES string of the molecule is Cc1c(O)ccc2c1CCC1=C3C[C@H](O)C[C@]3(CCCC(C)C)CC[C@]12Cc1ccccc1. The van der Waals surface area contributed by atoms with E-state index in [0.29, 0.717) is 5.75 Å². The third kappa shape index (κ3) is 3.85. The van der Waals surface area contributed by atoms with Crippen LogP contribution in [0.25, 0.3) is 0 Å². The van der Waals surface area contributed by atoms with E-state index in [-0.39, 0.29) is 16.9 Å². The number of rotatable bonds is 6. The molecule has 2 heteroatoms. The van der Waals surface area contributed by atoms with E-state index in [1.165, 1.54) is 42.4 Å². The van der Waals surface area contributed by atoms with Crippen molar-refractivity contribution in [3.05, 3.63) is 75.9 Å². The molecule has 3 aliphatic rings. The van der Waals surface area contributed by atoms with E-state index in [0.717, 1.165) is 50.0 Å². The van der Waals surface area contributed by atoms with Crippen LogP contribution in [0.5, 0.6) is 5.75 Å². The van der Waals surface area contributed by atoms with Gasteiger partial charge in [0, 0.05) is 5.41 Å². The third-order valence-electron chi connectivity index (χ3n) is 9.17. The quantitative estimate of drug-likeness (QED) is 0.463. The zero-order valence-electron chi connectivity index (χ0n) is 20.7. The van der Waals surface area contributed by atoms with Crippen LogP contribution < -0.4 is 0 Å². The number of phenolic OH excluding ortho intramolecular Hbond substituents is 1. The van der Waals surface area contributed by atoms with Gasteiger partial charge in [0.15, 0.2) is 0 Å². The van der Waals surface area contributed by atoms with Crippen molar-refractivity contribution in [2.24, 2.45) is 11.3 Å². The van der Waals surface area contributed by atoms with Crippen LogP contribution in [0.4, 0.5) is 0 Å². The number of hydrogen-bond donors (Lipinski definition) is 2. The van der Waals surface area contributed by atoms with Crippen LogP contribution >= 0.6 is 0 Å². The van der Waals surface area contributed by atoms with E-state index in [2.05, 4.69) is 57.2 Å². The Bertz CT molecular complexity index is 1050. The fourth-order valence-corrected chi connectivity index (χ4v) is 7.60. The average Bonchev–Trinajstić information content (AvgIpc) is 3.12. The first-order chi connectivity index (χ1) is 15.8. The summed E-state index contributed by atoms with van der Waals surface area (Å²) in [6.07, 6.45) is 10.8. The number of aromatic hydroxyl groups is 1. The predicted octanol–water partition coefficient (Wildman–Crippen LogP) is 7.19. The van der Waals surface area contributed by atoms with E-state index in [1.54, 1.807) is 11.1 Å². The van der Waals surface area contributed by atoms with Gasteiger partial charge in [0.05, 0.1) is 6.10 Å². The fourth-order valence-electron chi connectivity index (χ4n) is 7.60. The van der Waals surface area contributed by atoms with Crippen molar-refractivity contribution in [3.8, 4) is 5.75 Å². The first kappa shape index (κ1) is 22.7. The van der Waals surface area contributed by atoms with Gasteiger partial charge in [-0.25, -0.2) is 0 Å². The Hall–Kier alpha value is -2.06. The molecular weight excluding hydrogens is 404 g/mol. The molecule has 0 aliphatic heterocycles. The minimum Gasteiger partial charge on any atom is -0.508 e. The second-order valence-corrected chi connectivity index (χ2v) is 11.6. The van der Waals surface area contributed by atoms with Gasteiger partial charge in [0.1, 0.15) is 5.75 Å². The Morgan fingerprint density at radius 2 is 1.79 bits per heavy atom. The van der Waals surface area contributed by atoms with Gasteiger partial charge >= 0.3 is 0 Å². The van der Waals surface area contributed by atoms with Gasteiger partial charge in [0.25, 0.3) is 0 Å². The molecule has 33 heavy (non-hydrogen) atoms. The van der Waals surface area contributed by atoms with Crippen LogP contribution in [0.15, 0.2) is 53.6 Å². The molecule has 176 valence electrons. The lowest BCUT2D eigenvalue weighted by molar-refractivity contribution is 0.141. The molecule has 2 aromatic carbocycles. The van der Waals surface area contributed by atoms with Gasteiger partial charge in [-0.1, -0.05) is 74.2 Å². The molecule has 0 saturated heterocycles. The minimum atomic E-state index is -0.193. The summed E-state index contributed by atoms with van der Waals surface area (Å²) in [7, 11) is 0. The van der Waals surface area contributed by atoms with E-state index >= 15 is 0 Å². The molecule has 0 heterocycles. The summed E-state index contributed by atoms with van der Waals surface area (Å²) in [5, 5.41) is 21.4. The molecule has 0 bridgehead atoms. The zero-order valence-corrected chi connectivity index (χ0v) is 20.7. The van der Waals surface area contributed by atoms with Crippen molar-refractivity contribution in [1.82, 2.24) is 0 Å². The first-order valence-corrected chi connectivity index (χ1v) is 13.1. The highest BCUT2D eigenvalue weighted by molar-refractivity contribution is 5.57. The molecule has 2 nitrogen and oxygen atoms in total. The number of hydrogen-bond acceptors (Lipinski definition) is 2. The molecule has 0 aromatic heterocycles. The minimum absolute atomic E-state index is 0.00562. The standard InChI is InChI=1S/C31H40O2/c1-21(2)8-7-15-30-16-17-31(19-23-9-5-4-6-10-23)26-13-14-29(33)22(3)25(26)11-12-27(31)28(30)18-24(32)20-30/h4-6,9-10,13-14,21,24,32-33H,7-8,11-12,15-20H2,1-3H3/t24-,30-,31+/m0/s1. The summed E-state index contributed by atoms with van der Waals surface area (Å²) in [6.45, 7) is 6.73. The molecule has 0 unspecified atom stereocenters. The predicted molar refractivity (Wildman–Crippen MR) is 136 cm³/mol. The van der Waals surface area contributed by atoms with Crippen LogP contribution in [0.2, 0.25) is 0 Å². The van der Waals surface area contributed by atoms with Crippen LogP contribution in [0.1, 0.15) is 87.5 Å². The Morgan fingerprint density at radius 1 is 1.00 bits per heavy atom. The van der Waals surface area contributed by atoms with Crippen molar-refractivity contribution >= 4 is 0 Å². The van der Waals surface area contributed by atoms with Crippen molar-refractivity contribution in [2.75, 3.05) is 0 Å². The summed E-state index contributed by atoms with van der Waals surface area (Å²) >= 11 is 0. The summed E-state index contributed by atoms with van der Waals surface area (Å²) in [4.78, 5) is 0. The number of fused-ring (bicyclic) bond motifs is 4. The maximum atomic E-state index is 10.9. The molecule has 2 aromatic rings. The molecule has 0 radical (unpaired) electrons. The van der Waals surface area contributed by atoms with E-state index in [9.17, 15) is 10.2 Å². The highest BCUT2D eigenvalue weighted by Gasteiger charge is 2.53. The third-order valence-corrected chi connectivity index (χ3v) is 9.17. The van der Waals surface area contributed by atoms with Crippen molar-refractivity contribution in [2.45, 2.75) is 96.5 Å². The maximum absolute atomic E-state index is 10.9. The van der Waals surface area contributed by atoms with Crippen LogP contribution in [-0.2, 0) is 18.3 Å². The Morgan fingerprint density at radius 3 is 2.55 bits per heavy atom. The molecule has 3 aliphatic carbocycles. The van der Waals surface area contributed by atoms with Gasteiger partial charge in [-0.05, 0) is 97.9 Å². The van der Waals surface area contributed by atoms with Crippen LogP contribution in [0, 0.1) is 18.3 Å². The normalized spacial score (nSPS) is 28.6. The highest BCUT2D eigenvalue weighted by atomic mass is 16.3. The summed E-state index contributed by atoms with van der Waals surface area (Å²) in [5.41, 5.74) is 8.69. The fraction of sp³-hybridized carbons (Fsp3) is 0.548. The van der Waals surface area contributed by atoms with Crippen molar-refractivity contribution < 1.29 is 10.2 Å². The highest BCUT2D eigenvalue weighted by Crippen LogP contribution is 2.63.